The van der Waals surface area contributed by atoms with Crippen LogP contribution < -0.4 is 10.5 Å². The molecule has 0 aromatic heterocycles. The average molecular weight is 472 g/mol. The molecule has 1 heterocycles. The van der Waals surface area contributed by atoms with Crippen molar-refractivity contribution in [3.8, 4) is 5.75 Å². The van der Waals surface area contributed by atoms with Crippen molar-refractivity contribution in [1.29, 1.82) is 0 Å². The van der Waals surface area contributed by atoms with Crippen LogP contribution in [0.2, 0.25) is 0 Å². The highest BCUT2D eigenvalue weighted by Gasteiger charge is 2.52. The minimum Gasteiger partial charge on any atom is -0.494 e. The maximum absolute atomic E-state index is 13.0. The molecular formula is C26H25N5O4. The number of azide groups is 1. The van der Waals surface area contributed by atoms with Crippen LogP contribution in [0.15, 0.2) is 89.0 Å². The van der Waals surface area contributed by atoms with Crippen molar-refractivity contribution in [2.24, 2.45) is 15.8 Å². The molecule has 0 bridgehead atoms. The van der Waals surface area contributed by atoms with Crippen LogP contribution in [0.4, 0.5) is 5.69 Å². The Kier molecular flexibility index (Phi) is 7.30. The Bertz CT molecular complexity index is 1260. The van der Waals surface area contributed by atoms with Crippen LogP contribution in [0.3, 0.4) is 0 Å². The number of carbonyl (C=O) groups excluding carboxylic acids is 1. The molecule has 0 unspecified atom stereocenters. The van der Waals surface area contributed by atoms with Gasteiger partial charge in [0.1, 0.15) is 5.75 Å². The highest BCUT2D eigenvalue weighted by atomic mass is 16.5. The molecule has 0 spiro atoms. The number of aliphatic imine (C=N–C) groups is 1. The van der Waals surface area contributed by atoms with E-state index in [1.807, 2.05) is 30.3 Å². The number of carbonyl (C=O) groups is 1. The second-order valence-corrected chi connectivity index (χ2v) is 8.06. The van der Waals surface area contributed by atoms with E-state index in [0.29, 0.717) is 35.6 Å². The van der Waals surface area contributed by atoms with Crippen molar-refractivity contribution in [2.75, 3.05) is 13.2 Å². The predicted octanol–water partition coefficient (Wildman–Crippen LogP) is 4.37. The summed E-state index contributed by atoms with van der Waals surface area (Å²) in [5.41, 5.74) is 15.9. The fourth-order valence-corrected chi connectivity index (χ4v) is 4.03. The number of aliphatic hydroxyl groups is 1. The molecule has 178 valence electrons. The molecule has 1 amide bonds. The highest BCUT2D eigenvalue weighted by molar-refractivity contribution is 6.00. The summed E-state index contributed by atoms with van der Waals surface area (Å²) in [5.74, 6) is 0.270. The summed E-state index contributed by atoms with van der Waals surface area (Å²) in [6, 6.07) is 23.4. The molecular weight excluding hydrogens is 446 g/mol. The van der Waals surface area contributed by atoms with Crippen LogP contribution in [0, 0.1) is 0 Å². The molecule has 3 aromatic carbocycles. The first-order valence-corrected chi connectivity index (χ1v) is 11.2. The molecule has 0 fully saturated rings. The first-order chi connectivity index (χ1) is 17.1. The summed E-state index contributed by atoms with van der Waals surface area (Å²) in [7, 11) is 0. The Labute approximate surface area is 202 Å². The molecule has 35 heavy (non-hydrogen) atoms. The third kappa shape index (κ3) is 5.11. The molecule has 3 N–H and O–H groups in total. The van der Waals surface area contributed by atoms with E-state index in [0.717, 1.165) is 5.56 Å². The number of aliphatic hydroxyl groups excluding tert-OH is 1. The fourth-order valence-electron chi connectivity index (χ4n) is 4.03. The summed E-state index contributed by atoms with van der Waals surface area (Å²) >= 11 is 0. The fraction of sp³-hybridized carbons (Fsp3) is 0.231. The van der Waals surface area contributed by atoms with E-state index in [9.17, 15) is 4.79 Å². The van der Waals surface area contributed by atoms with Crippen molar-refractivity contribution >= 4 is 17.5 Å². The molecule has 1 aliphatic heterocycles. The van der Waals surface area contributed by atoms with Crippen molar-refractivity contribution in [3.63, 3.8) is 0 Å². The monoisotopic (exact) mass is 471 g/mol. The van der Waals surface area contributed by atoms with E-state index in [2.05, 4.69) is 10.0 Å². The normalized spacial score (nSPS) is 18.8. The van der Waals surface area contributed by atoms with E-state index in [4.69, 9.17) is 30.8 Å². The molecule has 4 rings (SSSR count). The minimum atomic E-state index is -1.46. The molecule has 0 radical (unpaired) electrons. The largest absolute Gasteiger partial charge is 0.494 e. The molecule has 2 atom stereocenters. The number of primary amides is 1. The maximum Gasteiger partial charge on any atom is 0.250 e. The van der Waals surface area contributed by atoms with Gasteiger partial charge in [-0.2, -0.15) is 0 Å². The lowest BCUT2D eigenvalue weighted by Gasteiger charge is -2.29. The Hall–Kier alpha value is -4.33. The third-order valence-corrected chi connectivity index (χ3v) is 5.77. The first-order valence-electron chi connectivity index (χ1n) is 11.2. The Morgan fingerprint density at radius 2 is 1.83 bits per heavy atom. The van der Waals surface area contributed by atoms with Crippen molar-refractivity contribution in [3.05, 3.63) is 106 Å². The van der Waals surface area contributed by atoms with E-state index < -0.39 is 17.6 Å². The van der Waals surface area contributed by atoms with Gasteiger partial charge >= 0.3 is 0 Å². The van der Waals surface area contributed by atoms with Gasteiger partial charge in [0.15, 0.2) is 11.6 Å². The lowest BCUT2D eigenvalue weighted by Crippen LogP contribution is -2.47. The summed E-state index contributed by atoms with van der Waals surface area (Å²) in [6.07, 6.45) is -0.159. The number of rotatable bonds is 10. The molecule has 9 heteroatoms. The second kappa shape index (κ2) is 10.7. The van der Waals surface area contributed by atoms with Crippen molar-refractivity contribution in [1.82, 2.24) is 0 Å². The standard InChI is InChI=1S/C26H25N5O4/c27-25(33)26(17-20-9-4-5-10-22(20)30-31-28)23(18-7-2-1-3-8-18)35-24(29-26)19-11-13-21(14-12-19)34-16-6-15-32/h1-5,7-14,23,32H,6,15-17H2,(H2,27,33)/t23-,26-/m0/s1. The number of hydrogen-bond donors (Lipinski definition) is 2. The number of amides is 1. The van der Waals surface area contributed by atoms with Crippen LogP contribution in [0.1, 0.15) is 29.2 Å². The molecule has 9 nitrogen and oxygen atoms in total. The predicted molar refractivity (Wildman–Crippen MR) is 131 cm³/mol. The lowest BCUT2D eigenvalue weighted by atomic mass is 9.82. The van der Waals surface area contributed by atoms with Gasteiger partial charge in [0, 0.05) is 35.6 Å². The maximum atomic E-state index is 13.0. The Morgan fingerprint density at radius 3 is 2.51 bits per heavy atom. The summed E-state index contributed by atoms with van der Waals surface area (Å²) < 4.78 is 11.9. The second-order valence-electron chi connectivity index (χ2n) is 8.06. The smallest absolute Gasteiger partial charge is 0.250 e. The van der Waals surface area contributed by atoms with Gasteiger partial charge in [-0.3, -0.25) is 4.79 Å². The topological polar surface area (TPSA) is 143 Å². The number of benzene rings is 3. The SMILES string of the molecule is [N-]=[N+]=Nc1ccccc1C[C@]1(C(N)=O)N=C(c2ccc(OCCCO)cc2)O[C@H]1c1ccccc1. The number of nitrogens with zero attached hydrogens (tertiary/aromatic N) is 4. The van der Waals surface area contributed by atoms with Crippen LogP contribution in [-0.2, 0) is 16.0 Å². The van der Waals surface area contributed by atoms with Gasteiger partial charge in [-0.15, -0.1) is 0 Å². The molecule has 3 aromatic rings. The first kappa shape index (κ1) is 23.8. The zero-order valence-electron chi connectivity index (χ0n) is 18.9. The number of ether oxygens (including phenoxy) is 2. The molecule has 0 aliphatic carbocycles. The van der Waals surface area contributed by atoms with Crippen LogP contribution >= 0.6 is 0 Å². The summed E-state index contributed by atoms with van der Waals surface area (Å²) in [4.78, 5) is 20.7. The van der Waals surface area contributed by atoms with E-state index in [-0.39, 0.29) is 18.9 Å². The number of nitrogens with two attached hydrogens (primary N) is 1. The minimum absolute atomic E-state index is 0.0572. The van der Waals surface area contributed by atoms with Gasteiger partial charge in [0.25, 0.3) is 0 Å². The average Bonchev–Trinajstić information content (AvgIpc) is 3.27. The van der Waals surface area contributed by atoms with Crippen molar-refractivity contribution < 1.29 is 19.4 Å². The number of hydrogen-bond acceptors (Lipinski definition) is 6. The van der Waals surface area contributed by atoms with Crippen LogP contribution in [-0.4, -0.2) is 35.7 Å². The summed E-state index contributed by atoms with van der Waals surface area (Å²) in [6.45, 7) is 0.459. The van der Waals surface area contributed by atoms with Gasteiger partial charge in [-0.05, 0) is 40.9 Å². The molecule has 0 saturated heterocycles. The van der Waals surface area contributed by atoms with Gasteiger partial charge in [0.05, 0.1) is 6.61 Å². The molecule has 1 aliphatic rings. The lowest BCUT2D eigenvalue weighted by molar-refractivity contribution is -0.125. The van der Waals surface area contributed by atoms with Gasteiger partial charge in [0.2, 0.25) is 11.8 Å². The Balaban J connectivity index is 1.75. The van der Waals surface area contributed by atoms with E-state index >= 15 is 0 Å². The summed E-state index contributed by atoms with van der Waals surface area (Å²) in [5, 5.41) is 12.7. The third-order valence-electron chi connectivity index (χ3n) is 5.77. The zero-order chi connectivity index (χ0) is 24.7. The van der Waals surface area contributed by atoms with Gasteiger partial charge in [-0.25, -0.2) is 4.99 Å². The molecule has 0 saturated carbocycles. The highest BCUT2D eigenvalue weighted by Crippen LogP contribution is 2.43. The van der Waals surface area contributed by atoms with Crippen LogP contribution in [0.25, 0.3) is 10.4 Å². The van der Waals surface area contributed by atoms with E-state index in [1.165, 1.54) is 0 Å². The van der Waals surface area contributed by atoms with Gasteiger partial charge < -0.3 is 20.3 Å². The quantitative estimate of drug-likeness (QED) is 0.196. The van der Waals surface area contributed by atoms with Gasteiger partial charge in [-0.1, -0.05) is 59.7 Å². The van der Waals surface area contributed by atoms with E-state index in [1.54, 1.807) is 48.5 Å². The zero-order valence-corrected chi connectivity index (χ0v) is 18.9. The van der Waals surface area contributed by atoms with Crippen LogP contribution in [0.5, 0.6) is 5.75 Å². The van der Waals surface area contributed by atoms with Crippen molar-refractivity contribution in [2.45, 2.75) is 24.5 Å². The Morgan fingerprint density at radius 1 is 1.11 bits per heavy atom.